The van der Waals surface area contributed by atoms with Gasteiger partial charge in [0.1, 0.15) is 23.4 Å². The van der Waals surface area contributed by atoms with Crippen molar-refractivity contribution in [2.45, 2.75) is 58.2 Å². The fourth-order valence-corrected chi connectivity index (χ4v) is 5.04. The van der Waals surface area contributed by atoms with Crippen LogP contribution in [0.3, 0.4) is 0 Å². The van der Waals surface area contributed by atoms with E-state index in [4.69, 9.17) is 4.74 Å². The van der Waals surface area contributed by atoms with E-state index >= 15 is 0 Å². The largest absolute Gasteiger partial charge is 0.444 e. The monoisotopic (exact) mass is 458 g/mol. The molecule has 2 amide bonds. The van der Waals surface area contributed by atoms with Gasteiger partial charge in [-0.25, -0.2) is 14.8 Å². The molecule has 2 aliphatic heterocycles. The van der Waals surface area contributed by atoms with Crippen molar-refractivity contribution in [3.63, 3.8) is 0 Å². The molecule has 32 heavy (non-hydrogen) atoms. The van der Waals surface area contributed by atoms with Crippen LogP contribution in [0.4, 0.5) is 10.6 Å². The summed E-state index contributed by atoms with van der Waals surface area (Å²) in [5, 5.41) is 3.88. The second-order valence-electron chi connectivity index (χ2n) is 9.11. The van der Waals surface area contributed by atoms with Gasteiger partial charge >= 0.3 is 6.09 Å². The quantitative estimate of drug-likeness (QED) is 0.728. The number of alkyl carbamates (subject to hydrolysis) is 1. The molecule has 172 valence electrons. The summed E-state index contributed by atoms with van der Waals surface area (Å²) in [4.78, 5) is 42.1. The molecule has 2 aliphatic rings. The van der Waals surface area contributed by atoms with Crippen molar-refractivity contribution in [1.82, 2.24) is 25.2 Å². The van der Waals surface area contributed by atoms with Crippen molar-refractivity contribution < 1.29 is 14.3 Å². The number of thioether (sulfide) groups is 1. The van der Waals surface area contributed by atoms with Gasteiger partial charge in [0, 0.05) is 37.3 Å². The van der Waals surface area contributed by atoms with Gasteiger partial charge in [-0.15, -0.1) is 11.8 Å². The number of likely N-dealkylation sites (tertiary alicyclic amines) is 1. The molecule has 2 atom stereocenters. The van der Waals surface area contributed by atoms with Gasteiger partial charge < -0.3 is 24.8 Å². The molecule has 4 heterocycles. The first-order valence-corrected chi connectivity index (χ1v) is 11.9. The third kappa shape index (κ3) is 4.85. The maximum atomic E-state index is 13.4. The maximum Gasteiger partial charge on any atom is 0.407 e. The van der Waals surface area contributed by atoms with Crippen molar-refractivity contribution >= 4 is 40.6 Å². The lowest BCUT2D eigenvalue weighted by atomic mass is 9.97. The number of nitrogens with one attached hydrogen (secondary N) is 2. The first-order valence-electron chi connectivity index (χ1n) is 10.9. The van der Waals surface area contributed by atoms with Crippen LogP contribution >= 0.6 is 11.8 Å². The molecule has 9 nitrogen and oxygen atoms in total. The van der Waals surface area contributed by atoms with Crippen molar-refractivity contribution in [2.24, 2.45) is 0 Å². The summed E-state index contributed by atoms with van der Waals surface area (Å²) in [6, 6.07) is 1.67. The van der Waals surface area contributed by atoms with Crippen LogP contribution in [0.15, 0.2) is 29.7 Å². The molecule has 2 N–H and O–H groups in total. The number of amides is 2. The van der Waals surface area contributed by atoms with Crippen molar-refractivity contribution in [2.75, 3.05) is 23.7 Å². The zero-order valence-electron chi connectivity index (χ0n) is 18.9. The van der Waals surface area contributed by atoms with Crippen LogP contribution in [0.25, 0.3) is 11.0 Å². The number of hydrogen-bond donors (Lipinski definition) is 2. The number of hydrogen-bond acceptors (Lipinski definition) is 7. The predicted octanol–water partition coefficient (Wildman–Crippen LogP) is 3.26. The lowest BCUT2D eigenvalue weighted by Crippen LogP contribution is -2.56. The van der Waals surface area contributed by atoms with Gasteiger partial charge in [-0.1, -0.05) is 0 Å². The van der Waals surface area contributed by atoms with Crippen LogP contribution in [0.2, 0.25) is 0 Å². The van der Waals surface area contributed by atoms with Crippen LogP contribution in [0, 0.1) is 0 Å². The SMILES string of the molecule is C[C@H]1[C@H](NC(=O)OC(C)(C)C)CCCN1C(=O)C1=CN(c2ncnc3[nH]ccc23)CCS1. The molecule has 2 aromatic heterocycles. The Morgan fingerprint density at radius 1 is 1.28 bits per heavy atom. The summed E-state index contributed by atoms with van der Waals surface area (Å²) in [5.41, 5.74) is 0.214. The third-order valence-corrected chi connectivity index (χ3v) is 6.61. The Labute approximate surface area is 192 Å². The summed E-state index contributed by atoms with van der Waals surface area (Å²) in [6.45, 7) is 8.92. The van der Waals surface area contributed by atoms with Gasteiger partial charge in [-0.05, 0) is 46.6 Å². The Kier molecular flexibility index (Phi) is 6.32. The first-order chi connectivity index (χ1) is 15.2. The summed E-state index contributed by atoms with van der Waals surface area (Å²) in [7, 11) is 0. The second-order valence-corrected chi connectivity index (χ2v) is 10.2. The highest BCUT2D eigenvalue weighted by Crippen LogP contribution is 2.31. The molecule has 4 rings (SSSR count). The average molecular weight is 459 g/mol. The van der Waals surface area contributed by atoms with E-state index in [0.717, 1.165) is 42.0 Å². The number of piperidine rings is 1. The molecule has 0 aromatic carbocycles. The molecule has 1 saturated heterocycles. The number of rotatable bonds is 3. The van der Waals surface area contributed by atoms with Crippen LogP contribution in [0.1, 0.15) is 40.5 Å². The number of aromatic nitrogens is 3. The minimum Gasteiger partial charge on any atom is -0.444 e. The molecule has 0 saturated carbocycles. The van der Waals surface area contributed by atoms with E-state index in [1.165, 1.54) is 6.33 Å². The maximum absolute atomic E-state index is 13.4. The molecule has 10 heteroatoms. The zero-order chi connectivity index (χ0) is 22.9. The molecule has 1 fully saturated rings. The van der Waals surface area contributed by atoms with E-state index in [1.807, 2.05) is 56.0 Å². The van der Waals surface area contributed by atoms with E-state index in [2.05, 4.69) is 20.3 Å². The van der Waals surface area contributed by atoms with Crippen LogP contribution < -0.4 is 10.2 Å². The molecule has 2 aromatic rings. The van der Waals surface area contributed by atoms with E-state index in [1.54, 1.807) is 11.8 Å². The van der Waals surface area contributed by atoms with Crippen LogP contribution in [0.5, 0.6) is 0 Å². The fraction of sp³-hybridized carbons (Fsp3) is 0.545. The second kappa shape index (κ2) is 9.01. The zero-order valence-corrected chi connectivity index (χ0v) is 19.7. The highest BCUT2D eigenvalue weighted by atomic mass is 32.2. The fourth-order valence-electron chi connectivity index (χ4n) is 4.09. The minimum atomic E-state index is -0.559. The van der Waals surface area contributed by atoms with E-state index in [-0.39, 0.29) is 18.0 Å². The number of carbonyl (C=O) groups is 2. The Balaban J connectivity index is 1.49. The van der Waals surface area contributed by atoms with Crippen molar-refractivity contribution in [3.8, 4) is 0 Å². The molecule has 0 bridgehead atoms. The number of fused-ring (bicyclic) bond motifs is 1. The van der Waals surface area contributed by atoms with Crippen LogP contribution in [-0.4, -0.2) is 68.4 Å². The molecule has 0 spiro atoms. The first kappa shape index (κ1) is 22.4. The lowest BCUT2D eigenvalue weighted by molar-refractivity contribution is -0.130. The van der Waals surface area contributed by atoms with Crippen LogP contribution in [-0.2, 0) is 9.53 Å². The number of H-pyrrole nitrogens is 1. The van der Waals surface area contributed by atoms with Gasteiger partial charge in [-0.2, -0.15) is 0 Å². The van der Waals surface area contributed by atoms with Gasteiger partial charge in [0.25, 0.3) is 5.91 Å². The van der Waals surface area contributed by atoms with Gasteiger partial charge in [0.15, 0.2) is 0 Å². The Morgan fingerprint density at radius 3 is 2.88 bits per heavy atom. The van der Waals surface area contributed by atoms with E-state index in [9.17, 15) is 9.59 Å². The molecule has 0 radical (unpaired) electrons. The summed E-state index contributed by atoms with van der Waals surface area (Å²) in [5.74, 6) is 1.57. The number of anilines is 1. The van der Waals surface area contributed by atoms with Gasteiger partial charge in [0.05, 0.1) is 16.3 Å². The van der Waals surface area contributed by atoms with Gasteiger partial charge in [0.2, 0.25) is 0 Å². The Morgan fingerprint density at radius 2 is 2.09 bits per heavy atom. The van der Waals surface area contributed by atoms with E-state index in [0.29, 0.717) is 11.4 Å². The van der Waals surface area contributed by atoms with Crippen molar-refractivity contribution in [3.05, 3.63) is 29.7 Å². The summed E-state index contributed by atoms with van der Waals surface area (Å²) < 4.78 is 5.40. The number of aromatic amines is 1. The highest BCUT2D eigenvalue weighted by molar-refractivity contribution is 8.04. The molecular weight excluding hydrogens is 428 g/mol. The number of carbonyl (C=O) groups excluding carboxylic acids is 2. The minimum absolute atomic E-state index is 0.0118. The normalized spacial score (nSPS) is 21.9. The summed E-state index contributed by atoms with van der Waals surface area (Å²) in [6.07, 6.45) is 6.46. The van der Waals surface area contributed by atoms with E-state index < -0.39 is 11.7 Å². The predicted molar refractivity (Wildman–Crippen MR) is 125 cm³/mol. The number of nitrogens with zero attached hydrogens (tertiary/aromatic N) is 4. The molecule has 0 aliphatic carbocycles. The smallest absolute Gasteiger partial charge is 0.407 e. The Hall–Kier alpha value is -2.75. The summed E-state index contributed by atoms with van der Waals surface area (Å²) >= 11 is 1.56. The third-order valence-electron chi connectivity index (χ3n) is 5.63. The van der Waals surface area contributed by atoms with Gasteiger partial charge in [-0.3, -0.25) is 4.79 Å². The van der Waals surface area contributed by atoms with Crippen molar-refractivity contribution in [1.29, 1.82) is 0 Å². The standard InChI is InChI=1S/C22H30N6O3S/c1-14-16(26-21(30)31-22(2,3)4)6-5-9-28(14)20(29)17-12-27(10-11-32-17)19-15-7-8-23-18(15)24-13-25-19/h7-8,12-14,16H,5-6,9-11H2,1-4H3,(H,26,30)(H,23,24,25)/t14-,16+/m0/s1. The molecular formula is C22H30N6O3S. The highest BCUT2D eigenvalue weighted by Gasteiger charge is 2.35. The Bertz CT molecular complexity index is 1030. The average Bonchev–Trinajstić information content (AvgIpc) is 3.22. The topological polar surface area (TPSA) is 103 Å². The number of ether oxygens (including phenoxy) is 1. The molecule has 0 unspecified atom stereocenters. The lowest BCUT2D eigenvalue weighted by Gasteiger charge is -2.40.